The molecular weight excluding hydrogens is 556 g/mol. The standard InChI is InChI=1S/C20H31N3O3.2C2HF3O2/c1-22(2)15-19(24)23-11-8-20(9-12-23)17(7-14-26-20)6-13-25-16-18-5-3-4-10-21-18;2*3-2(4,5)1(6)7/h3-5,10,17H,6-9,11-16H2,1-2H3;2*(H,6,7). The van der Waals surface area contributed by atoms with Crippen molar-refractivity contribution in [2.45, 2.75) is 50.2 Å². The smallest absolute Gasteiger partial charge is 0.475 e. The van der Waals surface area contributed by atoms with Gasteiger partial charge in [0.1, 0.15) is 0 Å². The highest BCUT2D eigenvalue weighted by atomic mass is 19.4. The van der Waals surface area contributed by atoms with Crippen molar-refractivity contribution in [1.29, 1.82) is 0 Å². The molecule has 1 atom stereocenters. The number of hydrogen-bond acceptors (Lipinski definition) is 7. The molecule has 3 heterocycles. The summed E-state index contributed by atoms with van der Waals surface area (Å²) in [6.45, 7) is 4.22. The minimum atomic E-state index is -5.08. The molecule has 3 rings (SSSR count). The summed E-state index contributed by atoms with van der Waals surface area (Å²) in [7, 11) is 3.87. The van der Waals surface area contributed by atoms with Crippen LogP contribution in [-0.4, -0.2) is 108 Å². The highest BCUT2D eigenvalue weighted by Gasteiger charge is 2.46. The number of piperidine rings is 1. The molecule has 228 valence electrons. The number of ether oxygens (including phenoxy) is 2. The predicted molar refractivity (Wildman–Crippen MR) is 127 cm³/mol. The Morgan fingerprint density at radius 2 is 1.62 bits per heavy atom. The molecule has 40 heavy (non-hydrogen) atoms. The van der Waals surface area contributed by atoms with Gasteiger partial charge in [0.25, 0.3) is 0 Å². The van der Waals surface area contributed by atoms with Crippen LogP contribution in [0, 0.1) is 5.92 Å². The number of nitrogens with zero attached hydrogens (tertiary/aromatic N) is 3. The van der Waals surface area contributed by atoms with E-state index in [1.165, 1.54) is 0 Å². The average Bonchev–Trinajstić information content (AvgIpc) is 3.23. The lowest BCUT2D eigenvalue weighted by Gasteiger charge is -2.42. The predicted octanol–water partition coefficient (Wildman–Crippen LogP) is 3.21. The van der Waals surface area contributed by atoms with E-state index in [2.05, 4.69) is 4.98 Å². The maximum absolute atomic E-state index is 12.3. The maximum Gasteiger partial charge on any atom is 0.490 e. The molecule has 2 aliphatic heterocycles. The van der Waals surface area contributed by atoms with Crippen LogP contribution in [0.5, 0.6) is 0 Å². The number of halogens is 6. The number of aliphatic carboxylic acids is 2. The number of amides is 1. The van der Waals surface area contributed by atoms with Gasteiger partial charge in [-0.15, -0.1) is 0 Å². The van der Waals surface area contributed by atoms with E-state index in [-0.39, 0.29) is 11.5 Å². The van der Waals surface area contributed by atoms with Crippen LogP contribution in [0.3, 0.4) is 0 Å². The molecule has 0 aliphatic carbocycles. The molecule has 0 bridgehead atoms. The summed E-state index contributed by atoms with van der Waals surface area (Å²) < 4.78 is 75.5. The minimum absolute atomic E-state index is 0.0523. The molecule has 0 radical (unpaired) electrons. The molecule has 2 N–H and O–H groups in total. The molecule has 0 aromatic carbocycles. The van der Waals surface area contributed by atoms with Crippen LogP contribution in [0.25, 0.3) is 0 Å². The number of alkyl halides is 6. The summed E-state index contributed by atoms with van der Waals surface area (Å²) in [6.07, 6.45) is -4.38. The third-order valence-corrected chi connectivity index (χ3v) is 6.09. The van der Waals surface area contributed by atoms with Crippen LogP contribution >= 0.6 is 0 Å². The highest BCUT2D eigenvalue weighted by Crippen LogP contribution is 2.42. The van der Waals surface area contributed by atoms with E-state index >= 15 is 0 Å². The van der Waals surface area contributed by atoms with Crippen molar-refractivity contribution >= 4 is 17.8 Å². The number of likely N-dealkylation sites (tertiary alicyclic amines) is 1. The van der Waals surface area contributed by atoms with E-state index in [0.29, 0.717) is 19.1 Å². The Kier molecular flexibility index (Phi) is 13.8. The van der Waals surface area contributed by atoms with Crippen molar-refractivity contribution in [3.63, 3.8) is 0 Å². The first kappa shape index (κ1) is 35.0. The normalized spacial score (nSPS) is 18.4. The van der Waals surface area contributed by atoms with Crippen molar-refractivity contribution in [2.24, 2.45) is 5.92 Å². The summed E-state index contributed by atoms with van der Waals surface area (Å²) in [5.41, 5.74) is 0.918. The van der Waals surface area contributed by atoms with Crippen molar-refractivity contribution < 1.29 is 60.4 Å². The Hall–Kier alpha value is -2.98. The average molecular weight is 590 g/mol. The van der Waals surface area contributed by atoms with Crippen molar-refractivity contribution in [1.82, 2.24) is 14.8 Å². The van der Waals surface area contributed by atoms with Crippen molar-refractivity contribution in [3.8, 4) is 0 Å². The number of pyridine rings is 1. The Morgan fingerprint density at radius 3 is 2.08 bits per heavy atom. The molecule has 2 aliphatic rings. The van der Waals surface area contributed by atoms with Gasteiger partial charge in [0.05, 0.1) is 24.4 Å². The SMILES string of the molecule is CN(C)CC(=O)N1CCC2(CC1)OCCC2CCOCc1ccccn1.O=C(O)C(F)(F)F.O=C(O)C(F)(F)F. The first-order valence-electron chi connectivity index (χ1n) is 12.1. The molecule has 1 unspecified atom stereocenters. The number of rotatable bonds is 7. The van der Waals surface area contributed by atoms with Crippen LogP contribution in [0.15, 0.2) is 24.4 Å². The van der Waals surface area contributed by atoms with Gasteiger partial charge in [-0.25, -0.2) is 9.59 Å². The molecule has 16 heteroatoms. The third-order valence-electron chi connectivity index (χ3n) is 6.09. The lowest BCUT2D eigenvalue weighted by atomic mass is 9.78. The monoisotopic (exact) mass is 589 g/mol. The Morgan fingerprint density at radius 1 is 1.07 bits per heavy atom. The van der Waals surface area contributed by atoms with Crippen LogP contribution in [0.4, 0.5) is 26.3 Å². The molecule has 1 aromatic rings. The van der Waals surface area contributed by atoms with Gasteiger partial charge in [0, 0.05) is 32.5 Å². The van der Waals surface area contributed by atoms with E-state index in [9.17, 15) is 31.1 Å². The number of hydrogen-bond donors (Lipinski definition) is 2. The second kappa shape index (κ2) is 15.7. The first-order valence-corrected chi connectivity index (χ1v) is 12.1. The molecule has 0 saturated carbocycles. The second-order valence-electron chi connectivity index (χ2n) is 9.29. The van der Waals surface area contributed by atoms with Crippen molar-refractivity contribution in [3.05, 3.63) is 30.1 Å². The number of carbonyl (C=O) groups excluding carboxylic acids is 1. The number of carboxylic acids is 2. The van der Waals surface area contributed by atoms with Gasteiger partial charge in [-0.3, -0.25) is 9.78 Å². The summed E-state index contributed by atoms with van der Waals surface area (Å²) in [5.74, 6) is -4.77. The van der Waals surface area contributed by atoms with E-state index in [1.54, 1.807) is 6.20 Å². The zero-order valence-corrected chi connectivity index (χ0v) is 22.0. The van der Waals surface area contributed by atoms with Crippen LogP contribution in [-0.2, 0) is 30.5 Å². The van der Waals surface area contributed by atoms with Crippen LogP contribution < -0.4 is 0 Å². The van der Waals surface area contributed by atoms with Crippen LogP contribution in [0.2, 0.25) is 0 Å². The molecule has 2 fully saturated rings. The molecule has 10 nitrogen and oxygen atoms in total. The van der Waals surface area contributed by atoms with Crippen LogP contribution in [0.1, 0.15) is 31.4 Å². The van der Waals surface area contributed by atoms with Gasteiger partial charge in [-0.05, 0) is 57.8 Å². The van der Waals surface area contributed by atoms with Gasteiger partial charge in [0.2, 0.25) is 5.91 Å². The minimum Gasteiger partial charge on any atom is -0.475 e. The van der Waals surface area contributed by atoms with Gasteiger partial charge >= 0.3 is 24.3 Å². The third kappa shape index (κ3) is 12.5. The Balaban J connectivity index is 0.000000473. The zero-order valence-electron chi connectivity index (χ0n) is 22.0. The fourth-order valence-electron chi connectivity index (χ4n) is 4.14. The zero-order chi connectivity index (χ0) is 30.6. The topological polar surface area (TPSA) is 130 Å². The van der Waals surface area contributed by atoms with Crippen molar-refractivity contribution in [2.75, 3.05) is 46.9 Å². The molecule has 1 amide bonds. The first-order chi connectivity index (χ1) is 18.5. The maximum atomic E-state index is 12.3. The summed E-state index contributed by atoms with van der Waals surface area (Å²) in [5, 5.41) is 14.2. The van der Waals surface area contributed by atoms with Gasteiger partial charge < -0.3 is 29.5 Å². The fraction of sp³-hybridized carbons (Fsp3) is 0.667. The number of likely N-dealkylation sites (N-methyl/N-ethyl adjacent to an activating group) is 1. The van der Waals surface area contributed by atoms with E-state index in [0.717, 1.165) is 57.7 Å². The number of carboxylic acid groups (broad SMARTS) is 2. The quantitative estimate of drug-likeness (QED) is 0.364. The molecular formula is C24H33F6N3O7. The van der Waals surface area contributed by atoms with E-state index in [1.807, 2.05) is 42.1 Å². The van der Waals surface area contributed by atoms with Gasteiger partial charge in [0.15, 0.2) is 0 Å². The Bertz CT molecular complexity index is 913. The van der Waals surface area contributed by atoms with E-state index < -0.39 is 24.3 Å². The summed E-state index contributed by atoms with van der Waals surface area (Å²) in [6, 6.07) is 5.89. The lowest BCUT2D eigenvalue weighted by molar-refractivity contribution is -0.193. The van der Waals surface area contributed by atoms with E-state index in [4.69, 9.17) is 29.3 Å². The summed E-state index contributed by atoms with van der Waals surface area (Å²) >= 11 is 0. The summed E-state index contributed by atoms with van der Waals surface area (Å²) in [4.78, 5) is 38.3. The molecule has 2 saturated heterocycles. The molecule has 1 aromatic heterocycles. The van der Waals surface area contributed by atoms with Gasteiger partial charge in [-0.2, -0.15) is 26.3 Å². The second-order valence-corrected chi connectivity index (χ2v) is 9.29. The highest BCUT2D eigenvalue weighted by molar-refractivity contribution is 5.78. The number of aromatic nitrogens is 1. The lowest BCUT2D eigenvalue weighted by Crippen LogP contribution is -2.51. The Labute approximate surface area is 226 Å². The molecule has 1 spiro atoms. The largest absolute Gasteiger partial charge is 0.490 e. The fourth-order valence-corrected chi connectivity index (χ4v) is 4.14. The van der Waals surface area contributed by atoms with Gasteiger partial charge in [-0.1, -0.05) is 6.07 Å². The number of carbonyl (C=O) groups is 3.